The number of thiophene rings is 1. The first-order chi connectivity index (χ1) is 7.18. The van der Waals surface area contributed by atoms with Crippen molar-refractivity contribution >= 4 is 33.2 Å². The molecule has 0 saturated carbocycles. The molecule has 1 atom stereocenters. The Kier molecular flexibility index (Phi) is 3.43. The quantitative estimate of drug-likeness (QED) is 0.901. The minimum absolute atomic E-state index is 0.0440. The fourth-order valence-electron chi connectivity index (χ4n) is 1.66. The molecule has 2 rings (SSSR count). The number of hydrogen-bond acceptors (Lipinski definition) is 3. The highest BCUT2D eigenvalue weighted by Gasteiger charge is 2.25. The highest BCUT2D eigenvalue weighted by molar-refractivity contribution is 9.10. The maximum absolute atomic E-state index is 11.8. The molecule has 82 valence electrons. The third-order valence-electron chi connectivity index (χ3n) is 2.54. The summed E-state index contributed by atoms with van der Waals surface area (Å²) in [6.45, 7) is 4.32. The predicted octanol–water partition coefficient (Wildman–Crippen LogP) is 1.83. The van der Waals surface area contributed by atoms with Crippen LogP contribution in [0, 0.1) is 0 Å². The summed E-state index contributed by atoms with van der Waals surface area (Å²) in [6.07, 6.45) is 0. The molecular weight excluding hydrogens is 276 g/mol. The largest absolute Gasteiger partial charge is 0.335 e. The van der Waals surface area contributed by atoms with E-state index < -0.39 is 0 Å². The first-order valence-electron chi connectivity index (χ1n) is 4.92. The van der Waals surface area contributed by atoms with Gasteiger partial charge >= 0.3 is 0 Å². The van der Waals surface area contributed by atoms with Gasteiger partial charge in [-0.25, -0.2) is 0 Å². The predicted molar refractivity (Wildman–Crippen MR) is 64.9 cm³/mol. The van der Waals surface area contributed by atoms with E-state index in [1.165, 1.54) is 4.88 Å². The number of rotatable bonds is 2. The van der Waals surface area contributed by atoms with Gasteiger partial charge in [-0.15, -0.1) is 11.3 Å². The van der Waals surface area contributed by atoms with Gasteiger partial charge in [-0.05, 0) is 34.3 Å². The second-order valence-electron chi connectivity index (χ2n) is 3.63. The van der Waals surface area contributed by atoms with Crippen molar-refractivity contribution in [3.05, 3.63) is 20.8 Å². The van der Waals surface area contributed by atoms with Crippen LogP contribution in [0.15, 0.2) is 15.9 Å². The highest BCUT2D eigenvalue weighted by atomic mass is 79.9. The number of halogens is 1. The Hall–Kier alpha value is -0.390. The van der Waals surface area contributed by atoms with Gasteiger partial charge in [-0.3, -0.25) is 4.79 Å². The number of carbonyl (C=O) groups is 1. The van der Waals surface area contributed by atoms with Crippen LogP contribution in [-0.4, -0.2) is 29.9 Å². The molecule has 1 aliphatic heterocycles. The Balaban J connectivity index is 2.05. The lowest BCUT2D eigenvalue weighted by molar-refractivity contribution is -0.135. The van der Waals surface area contributed by atoms with Gasteiger partial charge in [0.25, 0.3) is 0 Å². The number of carbonyl (C=O) groups excluding carboxylic acids is 1. The lowest BCUT2D eigenvalue weighted by Gasteiger charge is -2.31. The molecule has 1 aliphatic rings. The summed E-state index contributed by atoms with van der Waals surface area (Å²) >= 11 is 5.17. The van der Waals surface area contributed by atoms with Crippen LogP contribution >= 0.6 is 27.3 Å². The normalized spacial score (nSPS) is 22.1. The Morgan fingerprint density at radius 3 is 3.20 bits per heavy atom. The van der Waals surface area contributed by atoms with Crippen molar-refractivity contribution in [1.29, 1.82) is 0 Å². The van der Waals surface area contributed by atoms with Gasteiger partial charge in [-0.1, -0.05) is 0 Å². The SMILES string of the molecule is CC1NCCN(Cc2sccc2Br)C1=O. The molecule has 1 aromatic heterocycles. The van der Waals surface area contributed by atoms with E-state index in [0.29, 0.717) is 0 Å². The number of piperazine rings is 1. The number of amides is 1. The van der Waals surface area contributed by atoms with Crippen molar-refractivity contribution in [1.82, 2.24) is 10.2 Å². The monoisotopic (exact) mass is 288 g/mol. The molecule has 1 aromatic rings. The Morgan fingerprint density at radius 2 is 2.53 bits per heavy atom. The van der Waals surface area contributed by atoms with Crippen LogP contribution in [-0.2, 0) is 11.3 Å². The molecule has 15 heavy (non-hydrogen) atoms. The van der Waals surface area contributed by atoms with E-state index in [1.54, 1.807) is 11.3 Å². The van der Waals surface area contributed by atoms with E-state index in [0.717, 1.165) is 24.1 Å². The van der Waals surface area contributed by atoms with Gasteiger partial charge in [0.15, 0.2) is 0 Å². The molecule has 1 saturated heterocycles. The zero-order valence-electron chi connectivity index (χ0n) is 8.50. The van der Waals surface area contributed by atoms with Crippen LogP contribution in [0.5, 0.6) is 0 Å². The average molecular weight is 289 g/mol. The fourth-order valence-corrected chi connectivity index (χ4v) is 3.15. The molecule has 0 aliphatic carbocycles. The third-order valence-corrected chi connectivity index (χ3v) is 4.45. The Bertz CT molecular complexity index is 366. The lowest BCUT2D eigenvalue weighted by atomic mass is 10.2. The Labute approximate surface area is 102 Å². The van der Waals surface area contributed by atoms with E-state index in [2.05, 4.69) is 21.2 Å². The van der Waals surface area contributed by atoms with Gasteiger partial charge < -0.3 is 10.2 Å². The van der Waals surface area contributed by atoms with Crippen molar-refractivity contribution in [2.75, 3.05) is 13.1 Å². The number of nitrogens with zero attached hydrogens (tertiary/aromatic N) is 1. The molecule has 1 fully saturated rings. The summed E-state index contributed by atoms with van der Waals surface area (Å²) < 4.78 is 1.10. The van der Waals surface area contributed by atoms with Crippen molar-refractivity contribution in [3.8, 4) is 0 Å². The first-order valence-corrected chi connectivity index (χ1v) is 6.60. The molecule has 1 unspecified atom stereocenters. The maximum Gasteiger partial charge on any atom is 0.239 e. The zero-order valence-corrected chi connectivity index (χ0v) is 10.9. The molecular formula is C10H13BrN2OS. The summed E-state index contributed by atoms with van der Waals surface area (Å²) in [5.41, 5.74) is 0. The van der Waals surface area contributed by atoms with Crippen LogP contribution in [0.4, 0.5) is 0 Å². The topological polar surface area (TPSA) is 32.3 Å². The van der Waals surface area contributed by atoms with Crippen molar-refractivity contribution < 1.29 is 4.79 Å². The molecule has 3 nitrogen and oxygen atoms in total. The van der Waals surface area contributed by atoms with Crippen molar-refractivity contribution in [3.63, 3.8) is 0 Å². The summed E-state index contributed by atoms with van der Waals surface area (Å²) in [4.78, 5) is 14.9. The Morgan fingerprint density at radius 1 is 1.73 bits per heavy atom. The zero-order chi connectivity index (χ0) is 10.8. The van der Waals surface area contributed by atoms with Crippen molar-refractivity contribution in [2.24, 2.45) is 0 Å². The van der Waals surface area contributed by atoms with Gasteiger partial charge in [0.1, 0.15) is 0 Å². The molecule has 0 aromatic carbocycles. The maximum atomic E-state index is 11.8. The van der Waals surface area contributed by atoms with E-state index in [4.69, 9.17) is 0 Å². The average Bonchev–Trinajstić information content (AvgIpc) is 2.60. The first kappa shape index (κ1) is 11.1. The summed E-state index contributed by atoms with van der Waals surface area (Å²) in [7, 11) is 0. The number of hydrogen-bond donors (Lipinski definition) is 1. The second kappa shape index (κ2) is 4.63. The van der Waals surface area contributed by atoms with Crippen LogP contribution < -0.4 is 5.32 Å². The third kappa shape index (κ3) is 2.41. The minimum Gasteiger partial charge on any atom is -0.335 e. The molecule has 0 bridgehead atoms. The summed E-state index contributed by atoms with van der Waals surface area (Å²) in [5.74, 6) is 0.196. The highest BCUT2D eigenvalue weighted by Crippen LogP contribution is 2.24. The lowest BCUT2D eigenvalue weighted by Crippen LogP contribution is -2.53. The van der Waals surface area contributed by atoms with Gasteiger partial charge in [0, 0.05) is 22.4 Å². The van der Waals surface area contributed by atoms with E-state index >= 15 is 0 Å². The van der Waals surface area contributed by atoms with Crippen LogP contribution in [0.25, 0.3) is 0 Å². The molecule has 0 radical (unpaired) electrons. The number of nitrogens with one attached hydrogen (secondary N) is 1. The molecule has 0 spiro atoms. The van der Waals surface area contributed by atoms with E-state index in [-0.39, 0.29) is 11.9 Å². The molecule has 5 heteroatoms. The van der Waals surface area contributed by atoms with Gasteiger partial charge in [0.05, 0.1) is 12.6 Å². The fraction of sp³-hybridized carbons (Fsp3) is 0.500. The molecule has 1 amide bonds. The van der Waals surface area contributed by atoms with Gasteiger partial charge in [0.2, 0.25) is 5.91 Å². The van der Waals surface area contributed by atoms with Crippen LogP contribution in [0.2, 0.25) is 0 Å². The van der Waals surface area contributed by atoms with Crippen molar-refractivity contribution in [2.45, 2.75) is 19.5 Å². The minimum atomic E-state index is -0.0440. The van der Waals surface area contributed by atoms with E-state index in [9.17, 15) is 4.79 Å². The van der Waals surface area contributed by atoms with Crippen LogP contribution in [0.1, 0.15) is 11.8 Å². The standard InChI is InChI=1S/C10H13BrN2OS/c1-7-10(14)13(4-3-12-7)6-9-8(11)2-5-15-9/h2,5,7,12H,3-4,6H2,1H3. The van der Waals surface area contributed by atoms with Crippen LogP contribution in [0.3, 0.4) is 0 Å². The molecule has 1 N–H and O–H groups in total. The van der Waals surface area contributed by atoms with Gasteiger partial charge in [-0.2, -0.15) is 0 Å². The summed E-state index contributed by atoms with van der Waals surface area (Å²) in [5, 5.41) is 5.19. The molecule has 2 heterocycles. The second-order valence-corrected chi connectivity index (χ2v) is 5.48. The smallest absolute Gasteiger partial charge is 0.239 e. The van der Waals surface area contributed by atoms with E-state index in [1.807, 2.05) is 23.3 Å². The summed E-state index contributed by atoms with van der Waals surface area (Å²) in [6, 6.07) is 1.98.